The lowest BCUT2D eigenvalue weighted by Crippen LogP contribution is -2.30. The minimum Gasteiger partial charge on any atom is -0.457 e. The quantitative estimate of drug-likeness (QED) is 0.476. The van der Waals surface area contributed by atoms with Gasteiger partial charge in [-0.05, 0) is 18.0 Å². The fourth-order valence-electron chi connectivity index (χ4n) is 2.93. The molecule has 4 atom stereocenters. The standard InChI is InChI=1S/C14H16Cl2N4O3/c1-4-9-6(2)10(22-7(3)21)13(23-9)20-12-8(5-17-20)11(15)18-14(16)19-12/h5-6,9-10,13H,4H2,1-3H3/t6-,9-,10?,13-/m1/s1. The van der Waals surface area contributed by atoms with E-state index in [4.69, 9.17) is 32.7 Å². The molecule has 2 aromatic rings. The van der Waals surface area contributed by atoms with E-state index in [0.29, 0.717) is 11.0 Å². The van der Waals surface area contributed by atoms with Crippen molar-refractivity contribution in [1.82, 2.24) is 19.7 Å². The zero-order valence-corrected chi connectivity index (χ0v) is 14.4. The number of aromatic nitrogens is 4. The van der Waals surface area contributed by atoms with Crippen molar-refractivity contribution in [2.24, 2.45) is 5.92 Å². The molecule has 0 amide bonds. The first-order chi connectivity index (χ1) is 10.9. The highest BCUT2D eigenvalue weighted by atomic mass is 35.5. The number of esters is 1. The fraction of sp³-hybridized carbons (Fsp3) is 0.571. The Labute approximate surface area is 142 Å². The maximum atomic E-state index is 11.5. The molecule has 9 heteroatoms. The molecule has 3 heterocycles. The van der Waals surface area contributed by atoms with Gasteiger partial charge in [0.05, 0.1) is 17.7 Å². The molecule has 7 nitrogen and oxygen atoms in total. The summed E-state index contributed by atoms with van der Waals surface area (Å²) in [4.78, 5) is 19.5. The number of halogens is 2. The van der Waals surface area contributed by atoms with E-state index in [0.717, 1.165) is 6.42 Å². The Morgan fingerprint density at radius 1 is 1.43 bits per heavy atom. The molecule has 23 heavy (non-hydrogen) atoms. The summed E-state index contributed by atoms with van der Waals surface area (Å²) < 4.78 is 13.1. The van der Waals surface area contributed by atoms with Gasteiger partial charge in [-0.1, -0.05) is 25.4 Å². The van der Waals surface area contributed by atoms with Crippen LogP contribution in [0.4, 0.5) is 0 Å². The molecule has 3 rings (SSSR count). The van der Waals surface area contributed by atoms with Crippen molar-refractivity contribution in [1.29, 1.82) is 0 Å². The lowest BCUT2D eigenvalue weighted by atomic mass is 9.98. The van der Waals surface area contributed by atoms with E-state index in [-0.39, 0.29) is 28.4 Å². The largest absolute Gasteiger partial charge is 0.457 e. The summed E-state index contributed by atoms with van der Waals surface area (Å²) in [6.45, 7) is 5.38. The third-order valence-corrected chi connectivity index (χ3v) is 4.48. The number of fused-ring (bicyclic) bond motifs is 1. The van der Waals surface area contributed by atoms with Gasteiger partial charge in [0, 0.05) is 12.8 Å². The number of rotatable bonds is 3. The first-order valence-corrected chi connectivity index (χ1v) is 8.07. The van der Waals surface area contributed by atoms with E-state index in [1.165, 1.54) is 6.92 Å². The zero-order chi connectivity index (χ0) is 16.7. The van der Waals surface area contributed by atoms with Crippen LogP contribution < -0.4 is 0 Å². The lowest BCUT2D eigenvalue weighted by Gasteiger charge is -2.21. The highest BCUT2D eigenvalue weighted by molar-refractivity contribution is 6.35. The second kappa shape index (κ2) is 6.22. The van der Waals surface area contributed by atoms with Crippen LogP contribution in [0.3, 0.4) is 0 Å². The molecule has 0 aliphatic carbocycles. The maximum absolute atomic E-state index is 11.5. The van der Waals surface area contributed by atoms with Crippen LogP contribution in [0.25, 0.3) is 11.0 Å². The third-order valence-electron chi connectivity index (χ3n) is 4.03. The first kappa shape index (κ1) is 16.4. The van der Waals surface area contributed by atoms with Gasteiger partial charge >= 0.3 is 5.97 Å². The summed E-state index contributed by atoms with van der Waals surface area (Å²) in [6.07, 6.45) is 1.25. The number of hydrogen-bond donors (Lipinski definition) is 0. The normalized spacial score (nSPS) is 27.5. The number of carbonyl (C=O) groups excluding carboxylic acids is 1. The van der Waals surface area contributed by atoms with E-state index < -0.39 is 12.3 Å². The predicted molar refractivity (Wildman–Crippen MR) is 84.3 cm³/mol. The van der Waals surface area contributed by atoms with Gasteiger partial charge in [-0.3, -0.25) is 4.79 Å². The summed E-state index contributed by atoms with van der Waals surface area (Å²) in [5.74, 6) is -0.338. The summed E-state index contributed by atoms with van der Waals surface area (Å²) in [5, 5.41) is 5.09. The van der Waals surface area contributed by atoms with Gasteiger partial charge < -0.3 is 9.47 Å². The Morgan fingerprint density at radius 2 is 2.17 bits per heavy atom. The SMILES string of the molecule is CC[C@H]1O[C@@H](n2ncc3c(Cl)nc(Cl)nc32)C(OC(C)=O)[C@@H]1C. The van der Waals surface area contributed by atoms with Crippen molar-refractivity contribution < 1.29 is 14.3 Å². The Bertz CT molecular complexity index is 751. The minimum atomic E-state index is -0.585. The van der Waals surface area contributed by atoms with Crippen LogP contribution in [0.5, 0.6) is 0 Å². The average molecular weight is 359 g/mol. The van der Waals surface area contributed by atoms with Crippen molar-refractivity contribution in [3.63, 3.8) is 0 Å². The summed E-state index contributed by atoms with van der Waals surface area (Å²) in [6, 6.07) is 0. The van der Waals surface area contributed by atoms with Crippen molar-refractivity contribution >= 4 is 40.2 Å². The van der Waals surface area contributed by atoms with Crippen LogP contribution in [0.2, 0.25) is 10.4 Å². The van der Waals surface area contributed by atoms with Crippen LogP contribution in [0.15, 0.2) is 6.20 Å². The van der Waals surface area contributed by atoms with E-state index in [2.05, 4.69) is 15.1 Å². The fourth-order valence-corrected chi connectivity index (χ4v) is 3.35. The van der Waals surface area contributed by atoms with Gasteiger partial charge in [0.1, 0.15) is 5.15 Å². The van der Waals surface area contributed by atoms with Crippen LogP contribution in [0.1, 0.15) is 33.4 Å². The van der Waals surface area contributed by atoms with Crippen molar-refractivity contribution in [2.75, 3.05) is 0 Å². The molecule has 2 aromatic heterocycles. The van der Waals surface area contributed by atoms with E-state index in [9.17, 15) is 4.79 Å². The second-order valence-corrected chi connectivity index (χ2v) is 6.21. The molecule has 1 fully saturated rings. The van der Waals surface area contributed by atoms with E-state index in [1.54, 1.807) is 10.9 Å². The van der Waals surface area contributed by atoms with Crippen molar-refractivity contribution in [3.8, 4) is 0 Å². The van der Waals surface area contributed by atoms with Crippen LogP contribution >= 0.6 is 23.2 Å². The molecule has 0 aromatic carbocycles. The van der Waals surface area contributed by atoms with E-state index in [1.807, 2.05) is 13.8 Å². The van der Waals surface area contributed by atoms with Gasteiger partial charge in [0.2, 0.25) is 5.28 Å². The number of hydrogen-bond acceptors (Lipinski definition) is 6. The third kappa shape index (κ3) is 2.88. The van der Waals surface area contributed by atoms with E-state index >= 15 is 0 Å². The average Bonchev–Trinajstić information content (AvgIpc) is 3.01. The van der Waals surface area contributed by atoms with Gasteiger partial charge in [-0.2, -0.15) is 10.1 Å². The Hall–Kier alpha value is -1.44. The molecule has 0 bridgehead atoms. The number of carbonyl (C=O) groups is 1. The van der Waals surface area contributed by atoms with Gasteiger partial charge in [-0.25, -0.2) is 9.67 Å². The molecule has 1 unspecified atom stereocenters. The highest BCUT2D eigenvalue weighted by Gasteiger charge is 2.45. The molecule has 1 saturated heterocycles. The molecule has 1 aliphatic heterocycles. The summed E-state index contributed by atoms with van der Waals surface area (Å²) in [7, 11) is 0. The van der Waals surface area contributed by atoms with Gasteiger partial charge in [0.25, 0.3) is 0 Å². The van der Waals surface area contributed by atoms with Crippen molar-refractivity contribution in [3.05, 3.63) is 16.6 Å². The maximum Gasteiger partial charge on any atom is 0.303 e. The molecule has 0 N–H and O–H groups in total. The first-order valence-electron chi connectivity index (χ1n) is 7.31. The second-order valence-electron chi connectivity index (χ2n) is 5.52. The molecule has 0 radical (unpaired) electrons. The lowest BCUT2D eigenvalue weighted by molar-refractivity contribution is -0.154. The molecular weight excluding hydrogens is 343 g/mol. The smallest absolute Gasteiger partial charge is 0.303 e. The monoisotopic (exact) mass is 358 g/mol. The molecule has 0 saturated carbocycles. The van der Waals surface area contributed by atoms with Crippen LogP contribution in [0, 0.1) is 5.92 Å². The summed E-state index contributed by atoms with van der Waals surface area (Å²) >= 11 is 12.0. The minimum absolute atomic E-state index is 0.0198. The van der Waals surface area contributed by atoms with Gasteiger partial charge in [0.15, 0.2) is 18.0 Å². The highest BCUT2D eigenvalue weighted by Crippen LogP contribution is 2.38. The molecule has 0 spiro atoms. The Kier molecular flexibility index (Phi) is 4.44. The Morgan fingerprint density at radius 3 is 2.83 bits per heavy atom. The molecule has 1 aliphatic rings. The number of ether oxygens (including phenoxy) is 2. The topological polar surface area (TPSA) is 79.1 Å². The van der Waals surface area contributed by atoms with Crippen LogP contribution in [-0.2, 0) is 14.3 Å². The molecular formula is C14H16Cl2N4O3. The Balaban J connectivity index is 2.06. The molecule has 124 valence electrons. The van der Waals surface area contributed by atoms with Crippen molar-refractivity contribution in [2.45, 2.75) is 45.6 Å². The predicted octanol–water partition coefficient (Wildman–Crippen LogP) is 3.01. The van der Waals surface area contributed by atoms with Crippen LogP contribution in [-0.4, -0.2) is 37.9 Å². The van der Waals surface area contributed by atoms with Gasteiger partial charge in [-0.15, -0.1) is 0 Å². The summed E-state index contributed by atoms with van der Waals surface area (Å²) in [5.41, 5.74) is 0.445. The number of nitrogens with zero attached hydrogens (tertiary/aromatic N) is 4. The zero-order valence-electron chi connectivity index (χ0n) is 12.9.